The van der Waals surface area contributed by atoms with Gasteiger partial charge < -0.3 is 15.1 Å². The lowest BCUT2D eigenvalue weighted by atomic mass is 10.0. The Balaban J connectivity index is 2.22. The quantitative estimate of drug-likeness (QED) is 0.835. The van der Waals surface area contributed by atoms with Crippen LogP contribution in [0.1, 0.15) is 36.2 Å². The highest BCUT2D eigenvalue weighted by molar-refractivity contribution is 7.90. The molecule has 1 aliphatic carbocycles. The predicted octanol–water partition coefficient (Wildman–Crippen LogP) is 1.74. The molecule has 1 aromatic rings. The number of anilines is 1. The Kier molecular flexibility index (Phi) is 4.09. The molecular formula is C15H18F3NO4S. The number of halogens is 3. The number of β-amino-alcohol motifs (C(OH)–C–C–N with tert-alkyl or cyclic N) is 1. The van der Waals surface area contributed by atoms with E-state index in [0.29, 0.717) is 19.4 Å². The molecule has 2 N–H and O–H groups in total. The lowest BCUT2D eigenvalue weighted by molar-refractivity contribution is -0.143. The maximum Gasteiger partial charge on any atom is 0.312 e. The van der Waals surface area contributed by atoms with Crippen LogP contribution in [-0.4, -0.2) is 50.0 Å². The van der Waals surface area contributed by atoms with Crippen LogP contribution in [0, 0.1) is 0 Å². The Hall–Kier alpha value is -1.32. The van der Waals surface area contributed by atoms with Crippen molar-refractivity contribution in [2.24, 2.45) is 0 Å². The highest BCUT2D eigenvalue weighted by Crippen LogP contribution is 2.57. The Morgan fingerprint density at radius 1 is 1.25 bits per heavy atom. The van der Waals surface area contributed by atoms with E-state index in [2.05, 4.69) is 0 Å². The SMILES string of the molecule is CS(=O)(=O)c1ccc(N2CCC[C@@H](O)C2)c2c1[C@H](O)C(F)(F)[C@@H]2F. The molecule has 2 aliphatic rings. The molecule has 0 spiro atoms. The molecule has 1 aromatic carbocycles. The van der Waals surface area contributed by atoms with Crippen LogP contribution < -0.4 is 4.90 Å². The van der Waals surface area contributed by atoms with Gasteiger partial charge in [-0.05, 0) is 25.0 Å². The number of aliphatic hydroxyl groups excluding tert-OH is 2. The van der Waals surface area contributed by atoms with Crippen LogP contribution >= 0.6 is 0 Å². The van der Waals surface area contributed by atoms with Crippen molar-refractivity contribution in [3.63, 3.8) is 0 Å². The number of aliphatic hydroxyl groups is 2. The van der Waals surface area contributed by atoms with Gasteiger partial charge in [0, 0.05) is 36.2 Å². The standard InChI is InChI=1S/C15H18F3NO4S/c1-24(22,23)10-5-4-9(19-6-2-3-8(20)7-19)11-12(10)14(21)15(17,18)13(11)16/h4-5,8,13-14,20-21H,2-3,6-7H2,1H3/t8-,13-,14+/m1/s1. The van der Waals surface area contributed by atoms with Gasteiger partial charge in [0.1, 0.15) is 6.10 Å². The van der Waals surface area contributed by atoms with E-state index in [1.165, 1.54) is 6.07 Å². The number of fused-ring (bicyclic) bond motifs is 1. The van der Waals surface area contributed by atoms with E-state index >= 15 is 0 Å². The van der Waals surface area contributed by atoms with E-state index in [0.717, 1.165) is 12.3 Å². The zero-order valence-corrected chi connectivity index (χ0v) is 13.7. The van der Waals surface area contributed by atoms with Crippen LogP contribution in [0.4, 0.5) is 18.9 Å². The summed E-state index contributed by atoms with van der Waals surface area (Å²) in [4.78, 5) is 1.06. The molecule has 1 aliphatic heterocycles. The number of piperidine rings is 1. The van der Waals surface area contributed by atoms with E-state index in [4.69, 9.17) is 0 Å². The van der Waals surface area contributed by atoms with Gasteiger partial charge in [0.05, 0.1) is 11.0 Å². The second kappa shape index (κ2) is 5.60. The lowest BCUT2D eigenvalue weighted by Gasteiger charge is -2.33. The fourth-order valence-corrected chi connectivity index (χ4v) is 4.39. The highest BCUT2D eigenvalue weighted by atomic mass is 32.2. The number of benzene rings is 1. The van der Waals surface area contributed by atoms with Gasteiger partial charge in [0.25, 0.3) is 0 Å². The van der Waals surface area contributed by atoms with Gasteiger partial charge in [-0.15, -0.1) is 0 Å². The number of hydrogen-bond acceptors (Lipinski definition) is 5. The van der Waals surface area contributed by atoms with E-state index in [1.54, 1.807) is 4.90 Å². The number of rotatable bonds is 2. The maximum absolute atomic E-state index is 14.4. The lowest BCUT2D eigenvalue weighted by Crippen LogP contribution is -2.39. The van der Waals surface area contributed by atoms with Crippen molar-refractivity contribution in [3.05, 3.63) is 23.3 Å². The van der Waals surface area contributed by atoms with Gasteiger partial charge in [-0.2, -0.15) is 8.78 Å². The summed E-state index contributed by atoms with van der Waals surface area (Å²) < 4.78 is 66.2. The van der Waals surface area contributed by atoms with Gasteiger partial charge >= 0.3 is 5.92 Å². The summed E-state index contributed by atoms with van der Waals surface area (Å²) in [5.41, 5.74) is -0.975. The van der Waals surface area contributed by atoms with Crippen molar-refractivity contribution < 1.29 is 31.8 Å². The second-order valence-corrected chi connectivity index (χ2v) is 8.35. The van der Waals surface area contributed by atoms with Crippen LogP contribution in [0.5, 0.6) is 0 Å². The Morgan fingerprint density at radius 3 is 2.50 bits per heavy atom. The fraction of sp³-hybridized carbons (Fsp3) is 0.600. The summed E-state index contributed by atoms with van der Waals surface area (Å²) in [6.45, 7) is 0.565. The summed E-state index contributed by atoms with van der Waals surface area (Å²) >= 11 is 0. The first-order valence-electron chi connectivity index (χ1n) is 7.55. The fourth-order valence-electron chi connectivity index (χ4n) is 3.45. The molecule has 1 heterocycles. The Morgan fingerprint density at radius 2 is 1.92 bits per heavy atom. The molecule has 0 unspecified atom stereocenters. The molecule has 3 atom stereocenters. The summed E-state index contributed by atoms with van der Waals surface area (Å²) in [5.74, 6) is -4.10. The topological polar surface area (TPSA) is 77.8 Å². The molecule has 3 rings (SSSR count). The second-order valence-electron chi connectivity index (χ2n) is 6.36. The molecule has 0 saturated carbocycles. The monoisotopic (exact) mass is 365 g/mol. The van der Waals surface area contributed by atoms with Crippen molar-refractivity contribution in [1.29, 1.82) is 0 Å². The highest BCUT2D eigenvalue weighted by Gasteiger charge is 2.58. The minimum absolute atomic E-state index is 0.0971. The largest absolute Gasteiger partial charge is 0.391 e. The van der Waals surface area contributed by atoms with E-state index in [9.17, 15) is 31.8 Å². The van der Waals surface area contributed by atoms with Crippen molar-refractivity contribution >= 4 is 15.5 Å². The zero-order valence-electron chi connectivity index (χ0n) is 12.9. The van der Waals surface area contributed by atoms with Gasteiger partial charge in [-0.3, -0.25) is 0 Å². The van der Waals surface area contributed by atoms with Crippen LogP contribution in [-0.2, 0) is 9.84 Å². The van der Waals surface area contributed by atoms with Gasteiger partial charge in [-0.1, -0.05) is 0 Å². The van der Waals surface area contributed by atoms with Crippen LogP contribution in [0.25, 0.3) is 0 Å². The molecule has 0 amide bonds. The average Bonchev–Trinajstić information content (AvgIpc) is 2.67. The van der Waals surface area contributed by atoms with Crippen LogP contribution in [0.15, 0.2) is 17.0 Å². The normalized spacial score (nSPS) is 29.6. The average molecular weight is 365 g/mol. The third-order valence-electron chi connectivity index (χ3n) is 4.59. The van der Waals surface area contributed by atoms with Crippen LogP contribution in [0.2, 0.25) is 0 Å². The molecule has 5 nitrogen and oxygen atoms in total. The summed E-state index contributed by atoms with van der Waals surface area (Å²) in [6, 6.07) is 2.38. The van der Waals surface area contributed by atoms with Gasteiger partial charge in [0.2, 0.25) is 0 Å². The molecule has 0 bridgehead atoms. The molecule has 9 heteroatoms. The maximum atomic E-state index is 14.4. The number of hydrogen-bond donors (Lipinski definition) is 2. The van der Waals surface area contributed by atoms with Crippen molar-refractivity contribution in [1.82, 2.24) is 0 Å². The number of nitrogens with zero attached hydrogens (tertiary/aromatic N) is 1. The first kappa shape index (κ1) is 17.5. The molecule has 0 aromatic heterocycles. The third-order valence-corrected chi connectivity index (χ3v) is 5.75. The summed E-state index contributed by atoms with van der Waals surface area (Å²) in [7, 11) is -3.92. The number of sulfone groups is 1. The summed E-state index contributed by atoms with van der Waals surface area (Å²) in [5, 5.41) is 19.6. The van der Waals surface area contributed by atoms with Crippen molar-refractivity contribution in [2.75, 3.05) is 24.2 Å². The Labute approximate surface area is 137 Å². The molecule has 1 fully saturated rings. The van der Waals surface area contributed by atoms with Crippen molar-refractivity contribution in [3.8, 4) is 0 Å². The van der Waals surface area contributed by atoms with Gasteiger partial charge in [-0.25, -0.2) is 12.8 Å². The Bertz CT molecular complexity index is 768. The van der Waals surface area contributed by atoms with Crippen LogP contribution in [0.3, 0.4) is 0 Å². The van der Waals surface area contributed by atoms with E-state index in [1.807, 2.05) is 0 Å². The molecule has 134 valence electrons. The molecule has 1 saturated heterocycles. The minimum Gasteiger partial charge on any atom is -0.391 e. The first-order valence-corrected chi connectivity index (χ1v) is 9.44. The summed E-state index contributed by atoms with van der Waals surface area (Å²) in [6.07, 6.45) is -4.03. The molecule has 0 radical (unpaired) electrons. The smallest absolute Gasteiger partial charge is 0.312 e. The number of alkyl halides is 3. The molecule has 24 heavy (non-hydrogen) atoms. The van der Waals surface area contributed by atoms with Crippen molar-refractivity contribution in [2.45, 2.75) is 42.0 Å². The third kappa shape index (κ3) is 2.58. The molecular weight excluding hydrogens is 347 g/mol. The minimum atomic E-state index is -4.10. The van der Waals surface area contributed by atoms with E-state index in [-0.39, 0.29) is 12.2 Å². The van der Waals surface area contributed by atoms with E-state index < -0.39 is 50.2 Å². The first-order chi connectivity index (χ1) is 11.0. The zero-order chi connectivity index (χ0) is 17.9. The predicted molar refractivity (Wildman–Crippen MR) is 80.8 cm³/mol. The van der Waals surface area contributed by atoms with Gasteiger partial charge in [0.15, 0.2) is 16.0 Å².